The SMILES string of the molecule is CC(C)(C)CN=C(CC(NC(=O)OC(C)(C)C)C(=O)O)OC(C)(C)C. The van der Waals surface area contributed by atoms with E-state index in [-0.39, 0.29) is 11.8 Å². The number of carbonyl (C=O) groups excluding carboxylic acids is 1. The molecular weight excluding hydrogens is 324 g/mol. The molecule has 0 radical (unpaired) electrons. The van der Waals surface area contributed by atoms with Crippen LogP contribution in [0.4, 0.5) is 4.79 Å². The second-order valence-corrected chi connectivity index (χ2v) is 9.23. The van der Waals surface area contributed by atoms with Gasteiger partial charge in [-0.25, -0.2) is 9.59 Å². The van der Waals surface area contributed by atoms with Crippen molar-refractivity contribution in [3.8, 4) is 0 Å². The van der Waals surface area contributed by atoms with Crippen LogP contribution in [0, 0.1) is 5.41 Å². The lowest BCUT2D eigenvalue weighted by Crippen LogP contribution is -2.45. The molecule has 7 nitrogen and oxygen atoms in total. The summed E-state index contributed by atoms with van der Waals surface area (Å²) in [5.41, 5.74) is -1.30. The number of carboxylic acid groups (broad SMARTS) is 1. The number of nitrogens with zero attached hydrogens (tertiary/aromatic N) is 1. The molecule has 2 N–H and O–H groups in total. The number of hydrogen-bond donors (Lipinski definition) is 2. The zero-order valence-corrected chi connectivity index (χ0v) is 17.0. The standard InChI is InChI=1S/C18H34N2O5/c1-16(2,3)11-19-13(24-17(4,5)6)10-12(14(21)22)20-15(23)25-18(7,8)9/h12H,10-11H2,1-9H3,(H,20,23)(H,21,22). The van der Waals surface area contributed by atoms with E-state index in [1.54, 1.807) is 20.8 Å². The molecule has 7 heteroatoms. The number of ether oxygens (including phenoxy) is 2. The highest BCUT2D eigenvalue weighted by Crippen LogP contribution is 2.16. The third-order valence-corrected chi connectivity index (χ3v) is 2.52. The van der Waals surface area contributed by atoms with E-state index in [4.69, 9.17) is 9.47 Å². The summed E-state index contributed by atoms with van der Waals surface area (Å²) in [6, 6.07) is -1.18. The van der Waals surface area contributed by atoms with E-state index in [0.717, 1.165) is 0 Å². The van der Waals surface area contributed by atoms with E-state index >= 15 is 0 Å². The molecule has 0 aliphatic carbocycles. The molecule has 25 heavy (non-hydrogen) atoms. The zero-order valence-electron chi connectivity index (χ0n) is 17.0. The molecule has 0 fully saturated rings. The third-order valence-electron chi connectivity index (χ3n) is 2.52. The summed E-state index contributed by atoms with van der Waals surface area (Å²) in [6.45, 7) is 17.3. The van der Waals surface area contributed by atoms with E-state index in [9.17, 15) is 14.7 Å². The van der Waals surface area contributed by atoms with E-state index < -0.39 is 29.3 Å². The van der Waals surface area contributed by atoms with E-state index in [0.29, 0.717) is 12.4 Å². The fraction of sp³-hybridized carbons (Fsp3) is 0.833. The van der Waals surface area contributed by atoms with Crippen molar-refractivity contribution < 1.29 is 24.2 Å². The molecule has 0 aliphatic rings. The summed E-state index contributed by atoms with van der Waals surface area (Å²) in [7, 11) is 0. The van der Waals surface area contributed by atoms with Gasteiger partial charge in [-0.1, -0.05) is 20.8 Å². The Balaban J connectivity index is 5.22. The van der Waals surface area contributed by atoms with Gasteiger partial charge in [-0.05, 0) is 47.0 Å². The van der Waals surface area contributed by atoms with Crippen molar-refractivity contribution in [3.63, 3.8) is 0 Å². The van der Waals surface area contributed by atoms with Gasteiger partial charge >= 0.3 is 12.1 Å². The van der Waals surface area contributed by atoms with Crippen LogP contribution in [-0.4, -0.2) is 46.9 Å². The van der Waals surface area contributed by atoms with Crippen LogP contribution in [0.3, 0.4) is 0 Å². The molecule has 0 saturated heterocycles. The molecule has 0 bridgehead atoms. The zero-order chi connectivity index (χ0) is 20.1. The minimum absolute atomic E-state index is 0.0536. The van der Waals surface area contributed by atoms with Crippen LogP contribution in [0.15, 0.2) is 4.99 Å². The Morgan fingerprint density at radius 2 is 1.44 bits per heavy atom. The Morgan fingerprint density at radius 3 is 1.80 bits per heavy atom. The van der Waals surface area contributed by atoms with Gasteiger partial charge in [0.1, 0.15) is 17.2 Å². The van der Waals surface area contributed by atoms with Gasteiger partial charge in [0.15, 0.2) is 5.90 Å². The van der Waals surface area contributed by atoms with Gasteiger partial charge < -0.3 is 19.9 Å². The van der Waals surface area contributed by atoms with Gasteiger partial charge in [-0.15, -0.1) is 0 Å². The largest absolute Gasteiger partial charge is 0.480 e. The van der Waals surface area contributed by atoms with E-state index in [1.807, 2.05) is 41.5 Å². The average Bonchev–Trinajstić information content (AvgIpc) is 2.29. The van der Waals surface area contributed by atoms with Crippen molar-refractivity contribution in [2.45, 2.75) is 86.0 Å². The van der Waals surface area contributed by atoms with Gasteiger partial charge in [0.05, 0.1) is 6.42 Å². The van der Waals surface area contributed by atoms with E-state index in [1.165, 1.54) is 0 Å². The Labute approximate surface area is 151 Å². The molecule has 1 unspecified atom stereocenters. The molecular formula is C18H34N2O5. The first-order valence-corrected chi connectivity index (χ1v) is 8.43. The smallest absolute Gasteiger partial charge is 0.408 e. The Hall–Kier alpha value is -1.79. The van der Waals surface area contributed by atoms with Crippen molar-refractivity contribution in [2.75, 3.05) is 6.54 Å². The van der Waals surface area contributed by atoms with Crippen LogP contribution < -0.4 is 5.32 Å². The second kappa shape index (κ2) is 8.54. The highest BCUT2D eigenvalue weighted by atomic mass is 16.6. The first-order valence-electron chi connectivity index (χ1n) is 8.43. The van der Waals surface area contributed by atoms with E-state index in [2.05, 4.69) is 10.3 Å². The monoisotopic (exact) mass is 358 g/mol. The topological polar surface area (TPSA) is 97.2 Å². The van der Waals surface area contributed by atoms with Crippen molar-refractivity contribution >= 4 is 18.0 Å². The minimum Gasteiger partial charge on any atom is -0.480 e. The molecule has 0 aromatic heterocycles. The number of aliphatic carboxylic acids is 1. The first-order chi connectivity index (χ1) is 11.0. The molecule has 0 aliphatic heterocycles. The molecule has 0 aromatic rings. The molecule has 0 heterocycles. The summed E-state index contributed by atoms with van der Waals surface area (Å²) in [6.07, 6.45) is -0.840. The number of carboxylic acids is 1. The maximum absolute atomic E-state index is 11.9. The molecule has 0 aromatic carbocycles. The predicted molar refractivity (Wildman–Crippen MR) is 98.0 cm³/mol. The first kappa shape index (κ1) is 23.2. The van der Waals surface area contributed by atoms with Crippen molar-refractivity contribution in [2.24, 2.45) is 10.4 Å². The fourth-order valence-electron chi connectivity index (χ4n) is 1.64. The Kier molecular flexibility index (Phi) is 7.93. The maximum Gasteiger partial charge on any atom is 0.408 e. The lowest BCUT2D eigenvalue weighted by atomic mass is 9.97. The number of rotatable bonds is 5. The molecule has 0 spiro atoms. The van der Waals surface area contributed by atoms with Gasteiger partial charge in [-0.2, -0.15) is 0 Å². The normalized spacial score (nSPS) is 14.7. The van der Waals surface area contributed by atoms with Crippen LogP contribution in [-0.2, 0) is 14.3 Å². The highest BCUT2D eigenvalue weighted by molar-refractivity contribution is 5.87. The van der Waals surface area contributed by atoms with Crippen LogP contribution in [0.25, 0.3) is 0 Å². The van der Waals surface area contributed by atoms with Crippen molar-refractivity contribution in [1.82, 2.24) is 5.32 Å². The number of carbonyl (C=O) groups is 2. The van der Waals surface area contributed by atoms with Crippen LogP contribution in [0.5, 0.6) is 0 Å². The maximum atomic E-state index is 11.9. The number of nitrogens with one attached hydrogen (secondary N) is 1. The van der Waals surface area contributed by atoms with Gasteiger partial charge in [0.2, 0.25) is 0 Å². The van der Waals surface area contributed by atoms with Crippen LogP contribution >= 0.6 is 0 Å². The molecule has 0 saturated carbocycles. The summed E-state index contributed by atoms with van der Waals surface area (Å²) in [4.78, 5) is 27.8. The van der Waals surface area contributed by atoms with Crippen LogP contribution in [0.2, 0.25) is 0 Å². The van der Waals surface area contributed by atoms with Crippen LogP contribution in [0.1, 0.15) is 68.7 Å². The number of aliphatic imine (C=N–C) groups is 1. The number of alkyl carbamates (subject to hydrolysis) is 1. The predicted octanol–water partition coefficient (Wildman–Crippen LogP) is 3.61. The van der Waals surface area contributed by atoms with Gasteiger partial charge in [0, 0.05) is 6.54 Å². The highest BCUT2D eigenvalue weighted by Gasteiger charge is 2.28. The lowest BCUT2D eigenvalue weighted by Gasteiger charge is -2.26. The Morgan fingerprint density at radius 1 is 0.960 bits per heavy atom. The van der Waals surface area contributed by atoms with Gasteiger partial charge in [-0.3, -0.25) is 4.99 Å². The van der Waals surface area contributed by atoms with Crippen molar-refractivity contribution in [1.29, 1.82) is 0 Å². The molecule has 146 valence electrons. The number of amides is 1. The Bertz CT molecular complexity index is 493. The van der Waals surface area contributed by atoms with Gasteiger partial charge in [0.25, 0.3) is 0 Å². The second-order valence-electron chi connectivity index (χ2n) is 9.23. The van der Waals surface area contributed by atoms with Crippen molar-refractivity contribution in [3.05, 3.63) is 0 Å². The average molecular weight is 358 g/mol. The third kappa shape index (κ3) is 13.2. The fourth-order valence-corrected chi connectivity index (χ4v) is 1.64. The molecule has 1 atom stereocenters. The number of hydrogen-bond acceptors (Lipinski definition) is 5. The summed E-state index contributed by atoms with van der Waals surface area (Å²) >= 11 is 0. The molecule has 0 rings (SSSR count). The summed E-state index contributed by atoms with van der Waals surface area (Å²) in [5, 5.41) is 11.8. The summed E-state index contributed by atoms with van der Waals surface area (Å²) in [5.74, 6) is -0.877. The molecule has 1 amide bonds. The quantitative estimate of drug-likeness (QED) is 0.578. The minimum atomic E-state index is -1.18. The summed E-state index contributed by atoms with van der Waals surface area (Å²) < 4.78 is 10.9. The lowest BCUT2D eigenvalue weighted by molar-refractivity contribution is -0.139.